The van der Waals surface area contributed by atoms with Crippen LogP contribution < -0.4 is 23.7 Å². The van der Waals surface area contributed by atoms with Crippen LogP contribution in [0.1, 0.15) is 25.0 Å². The van der Waals surface area contributed by atoms with Crippen LogP contribution >= 0.6 is 0 Å². The number of aromatic hydroxyl groups is 1. The van der Waals surface area contributed by atoms with Crippen molar-refractivity contribution in [2.45, 2.75) is 32.3 Å². The summed E-state index contributed by atoms with van der Waals surface area (Å²) in [4.78, 5) is 0. The number of fused-ring (bicyclic) bond motifs is 4. The number of benzene rings is 2. The molecule has 4 rings (SSSR count). The van der Waals surface area contributed by atoms with Crippen LogP contribution in [0.2, 0.25) is 0 Å². The molecule has 2 atom stereocenters. The first kappa shape index (κ1) is 19.5. The molecule has 0 amide bonds. The standard InChI is InChI=1S/C22H26O7/c1-11-6-12-7-15-19(29-10-28-15)18(23)16(12)17-13(9-22(11,2)24)8-14(25-3)20(26-4)21(17)27-5/h7-8,11,23-24H,6,9-10H2,1-5H3/t11-,22-/m0/s1. The van der Waals surface area contributed by atoms with E-state index in [0.29, 0.717) is 52.7 Å². The monoisotopic (exact) mass is 402 g/mol. The molecule has 0 saturated heterocycles. The summed E-state index contributed by atoms with van der Waals surface area (Å²) >= 11 is 0. The predicted octanol–water partition coefficient (Wildman–Crippen LogP) is 3.30. The second kappa shape index (κ2) is 6.91. The first-order valence-electron chi connectivity index (χ1n) is 9.51. The average molecular weight is 402 g/mol. The van der Waals surface area contributed by atoms with Crippen molar-refractivity contribution in [2.75, 3.05) is 28.1 Å². The van der Waals surface area contributed by atoms with Crippen molar-refractivity contribution < 1.29 is 33.9 Å². The summed E-state index contributed by atoms with van der Waals surface area (Å²) in [5.41, 5.74) is 1.90. The highest BCUT2D eigenvalue weighted by molar-refractivity contribution is 5.88. The Kier molecular flexibility index (Phi) is 4.65. The number of hydrogen-bond donors (Lipinski definition) is 2. The SMILES string of the molecule is COc1cc2c(c(OC)c1OC)-c1c(cc3c(c1O)OCO3)C[C@H](C)[C@@](C)(O)C2. The van der Waals surface area contributed by atoms with Crippen molar-refractivity contribution in [3.63, 3.8) is 0 Å². The summed E-state index contributed by atoms with van der Waals surface area (Å²) in [6, 6.07) is 3.70. The van der Waals surface area contributed by atoms with Gasteiger partial charge in [-0.25, -0.2) is 0 Å². The zero-order valence-electron chi connectivity index (χ0n) is 17.3. The second-order valence-corrected chi connectivity index (χ2v) is 7.81. The number of phenols is 1. The summed E-state index contributed by atoms with van der Waals surface area (Å²) in [5.74, 6) is 2.08. The van der Waals surface area contributed by atoms with Crippen LogP contribution in [0.3, 0.4) is 0 Å². The number of aliphatic hydroxyl groups is 1. The van der Waals surface area contributed by atoms with Crippen molar-refractivity contribution in [1.29, 1.82) is 0 Å². The zero-order valence-corrected chi connectivity index (χ0v) is 17.3. The molecule has 156 valence electrons. The van der Waals surface area contributed by atoms with Gasteiger partial charge in [-0.1, -0.05) is 6.92 Å². The van der Waals surface area contributed by atoms with Crippen molar-refractivity contribution in [3.8, 4) is 45.6 Å². The topological polar surface area (TPSA) is 86.6 Å². The molecule has 2 N–H and O–H groups in total. The van der Waals surface area contributed by atoms with Gasteiger partial charge in [-0.15, -0.1) is 0 Å². The van der Waals surface area contributed by atoms with Crippen molar-refractivity contribution in [2.24, 2.45) is 5.92 Å². The molecule has 0 spiro atoms. The summed E-state index contributed by atoms with van der Waals surface area (Å²) in [7, 11) is 4.63. The second-order valence-electron chi connectivity index (χ2n) is 7.81. The van der Waals surface area contributed by atoms with E-state index >= 15 is 0 Å². The van der Waals surface area contributed by atoms with Gasteiger partial charge >= 0.3 is 0 Å². The minimum atomic E-state index is -0.983. The first-order valence-corrected chi connectivity index (χ1v) is 9.51. The van der Waals surface area contributed by atoms with E-state index in [1.807, 2.05) is 26.0 Å². The summed E-state index contributed by atoms with van der Waals surface area (Å²) in [6.07, 6.45) is 0.900. The van der Waals surface area contributed by atoms with Gasteiger partial charge in [-0.2, -0.15) is 0 Å². The Balaban J connectivity index is 2.12. The summed E-state index contributed by atoms with van der Waals surface area (Å²) < 4.78 is 27.8. The van der Waals surface area contributed by atoms with Crippen LogP contribution in [0.25, 0.3) is 11.1 Å². The lowest BCUT2D eigenvalue weighted by Gasteiger charge is -2.35. The molecule has 7 nitrogen and oxygen atoms in total. The lowest BCUT2D eigenvalue weighted by Crippen LogP contribution is -2.37. The van der Waals surface area contributed by atoms with Crippen molar-refractivity contribution in [1.82, 2.24) is 0 Å². The highest BCUT2D eigenvalue weighted by atomic mass is 16.7. The van der Waals surface area contributed by atoms with Crippen molar-refractivity contribution in [3.05, 3.63) is 23.3 Å². The normalized spacial score (nSPS) is 22.2. The zero-order chi connectivity index (χ0) is 20.9. The van der Waals surface area contributed by atoms with Crippen LogP contribution in [0, 0.1) is 5.92 Å². The molecule has 0 fully saturated rings. The van der Waals surface area contributed by atoms with E-state index in [4.69, 9.17) is 23.7 Å². The average Bonchev–Trinajstić information content (AvgIpc) is 3.15. The molecule has 0 saturated carbocycles. The van der Waals surface area contributed by atoms with Gasteiger partial charge in [0.05, 0.1) is 26.9 Å². The Morgan fingerprint density at radius 1 is 1.00 bits per heavy atom. The van der Waals surface area contributed by atoms with E-state index in [2.05, 4.69) is 0 Å². The largest absolute Gasteiger partial charge is 0.504 e. The molecule has 1 aliphatic carbocycles. The summed E-state index contributed by atoms with van der Waals surface area (Å²) in [6.45, 7) is 3.87. The molecule has 0 bridgehead atoms. The predicted molar refractivity (Wildman–Crippen MR) is 107 cm³/mol. The Hall–Kier alpha value is -2.80. The van der Waals surface area contributed by atoms with E-state index in [1.54, 1.807) is 14.2 Å². The lowest BCUT2D eigenvalue weighted by atomic mass is 9.75. The van der Waals surface area contributed by atoms with Gasteiger partial charge in [-0.05, 0) is 42.5 Å². The lowest BCUT2D eigenvalue weighted by molar-refractivity contribution is 0.00629. The minimum absolute atomic E-state index is 0.00415. The molecule has 0 unspecified atom stereocenters. The molecule has 2 aromatic carbocycles. The molecule has 2 aromatic rings. The van der Waals surface area contributed by atoms with Crippen LogP contribution in [0.5, 0.6) is 34.5 Å². The first-order chi connectivity index (χ1) is 13.8. The van der Waals surface area contributed by atoms with E-state index < -0.39 is 5.60 Å². The smallest absolute Gasteiger partial charge is 0.231 e. The van der Waals surface area contributed by atoms with Gasteiger partial charge in [0, 0.05) is 17.5 Å². The highest BCUT2D eigenvalue weighted by Crippen LogP contribution is 2.56. The van der Waals surface area contributed by atoms with Crippen LogP contribution in [0.15, 0.2) is 12.1 Å². The molecule has 1 aliphatic heterocycles. The van der Waals surface area contributed by atoms with Gasteiger partial charge in [0.25, 0.3) is 0 Å². The maximum atomic E-state index is 11.2. The molecule has 0 radical (unpaired) electrons. The molecule has 29 heavy (non-hydrogen) atoms. The van der Waals surface area contributed by atoms with Crippen LogP contribution in [0.4, 0.5) is 0 Å². The van der Waals surface area contributed by atoms with E-state index in [1.165, 1.54) is 7.11 Å². The fourth-order valence-electron chi connectivity index (χ4n) is 4.25. The third-order valence-corrected chi connectivity index (χ3v) is 6.02. The number of ether oxygens (including phenoxy) is 5. The number of rotatable bonds is 3. The third-order valence-electron chi connectivity index (χ3n) is 6.02. The Morgan fingerprint density at radius 2 is 1.72 bits per heavy atom. The Labute approximate surface area is 169 Å². The van der Waals surface area contributed by atoms with Gasteiger partial charge in [0.2, 0.25) is 18.3 Å². The molecular weight excluding hydrogens is 376 g/mol. The van der Waals surface area contributed by atoms with Crippen molar-refractivity contribution >= 4 is 0 Å². The molecular formula is C22H26O7. The van der Waals surface area contributed by atoms with Gasteiger partial charge in [0.15, 0.2) is 23.0 Å². The fourth-order valence-corrected chi connectivity index (χ4v) is 4.25. The Bertz CT molecular complexity index is 965. The molecule has 0 aromatic heterocycles. The quantitative estimate of drug-likeness (QED) is 0.815. The van der Waals surface area contributed by atoms with Gasteiger partial charge in [0.1, 0.15) is 0 Å². The molecule has 2 aliphatic rings. The number of hydrogen-bond acceptors (Lipinski definition) is 7. The number of methoxy groups -OCH3 is 3. The number of phenolic OH excluding ortho intramolecular Hbond substituents is 1. The molecule has 1 heterocycles. The van der Waals surface area contributed by atoms with E-state index in [0.717, 1.165) is 11.1 Å². The Morgan fingerprint density at radius 3 is 2.38 bits per heavy atom. The fraction of sp³-hybridized carbons (Fsp3) is 0.455. The molecule has 7 heteroatoms. The summed E-state index contributed by atoms with van der Waals surface area (Å²) in [5, 5.41) is 22.4. The van der Waals surface area contributed by atoms with Gasteiger partial charge < -0.3 is 33.9 Å². The van der Waals surface area contributed by atoms with Gasteiger partial charge in [-0.3, -0.25) is 0 Å². The third kappa shape index (κ3) is 2.92. The van der Waals surface area contributed by atoms with E-state index in [9.17, 15) is 10.2 Å². The van der Waals surface area contributed by atoms with E-state index in [-0.39, 0.29) is 18.5 Å². The highest BCUT2D eigenvalue weighted by Gasteiger charge is 2.38. The maximum Gasteiger partial charge on any atom is 0.231 e. The van der Waals surface area contributed by atoms with Crippen LogP contribution in [-0.2, 0) is 12.8 Å². The maximum absolute atomic E-state index is 11.2. The minimum Gasteiger partial charge on any atom is -0.504 e. The van der Waals surface area contributed by atoms with Crippen LogP contribution in [-0.4, -0.2) is 43.9 Å².